The molecule has 1 amide bonds. The van der Waals surface area contributed by atoms with Crippen molar-refractivity contribution in [1.82, 2.24) is 9.29 Å². The molecule has 8 heteroatoms. The van der Waals surface area contributed by atoms with Crippen LogP contribution in [0.4, 0.5) is 5.13 Å². The molecule has 6 nitrogen and oxygen atoms in total. The zero-order valence-electron chi connectivity index (χ0n) is 20.8. The van der Waals surface area contributed by atoms with E-state index in [9.17, 15) is 13.2 Å². The third-order valence-electron chi connectivity index (χ3n) is 6.52. The average molecular weight is 532 g/mol. The van der Waals surface area contributed by atoms with Gasteiger partial charge in [0.15, 0.2) is 5.13 Å². The van der Waals surface area contributed by atoms with Crippen molar-refractivity contribution < 1.29 is 13.2 Å². The van der Waals surface area contributed by atoms with Crippen LogP contribution in [0.1, 0.15) is 30.6 Å². The third kappa shape index (κ3) is 5.51. The second-order valence-corrected chi connectivity index (χ2v) is 12.6. The van der Waals surface area contributed by atoms with E-state index in [2.05, 4.69) is 19.2 Å². The number of rotatable bonds is 6. The molecule has 1 aliphatic rings. The van der Waals surface area contributed by atoms with Crippen LogP contribution >= 0.6 is 11.3 Å². The topological polar surface area (TPSA) is 79.4 Å². The molecule has 190 valence electrons. The first-order valence-corrected chi connectivity index (χ1v) is 14.6. The summed E-state index contributed by atoms with van der Waals surface area (Å²) < 4.78 is 27.9. The summed E-state index contributed by atoms with van der Waals surface area (Å²) in [4.78, 5) is 19.0. The lowest BCUT2D eigenvalue weighted by molar-refractivity contribution is 0.102. The predicted molar refractivity (Wildman–Crippen MR) is 149 cm³/mol. The van der Waals surface area contributed by atoms with Crippen LogP contribution in [-0.2, 0) is 10.0 Å². The standard InChI is InChI=1S/C29H29N3O3S2/c1-20-17-21(2)19-32(18-20)37(34,35)25-15-13-24(14-16-25)28(33)31-29-30-26(22-9-5-3-6-10-22)27(36-29)23-11-7-4-8-12-23/h3-16,20-21H,17-19H2,1-2H3,(H,30,31,33)/t20-,21-/m1/s1. The van der Waals surface area contributed by atoms with Crippen LogP contribution in [0.5, 0.6) is 0 Å². The van der Waals surface area contributed by atoms with Gasteiger partial charge in [0.1, 0.15) is 0 Å². The molecule has 0 spiro atoms. The Hall–Kier alpha value is -3.33. The van der Waals surface area contributed by atoms with Crippen LogP contribution in [0.25, 0.3) is 21.7 Å². The van der Waals surface area contributed by atoms with E-state index in [0.29, 0.717) is 35.6 Å². The lowest BCUT2D eigenvalue weighted by Crippen LogP contribution is -2.42. The van der Waals surface area contributed by atoms with Gasteiger partial charge in [-0.15, -0.1) is 0 Å². The molecule has 3 aromatic carbocycles. The van der Waals surface area contributed by atoms with Crippen LogP contribution < -0.4 is 5.32 Å². The van der Waals surface area contributed by atoms with E-state index in [-0.39, 0.29) is 10.8 Å². The van der Waals surface area contributed by atoms with E-state index in [0.717, 1.165) is 28.1 Å². The average Bonchev–Trinajstić information content (AvgIpc) is 3.33. The van der Waals surface area contributed by atoms with Crippen LogP contribution in [0.3, 0.4) is 0 Å². The predicted octanol–water partition coefficient (Wildman–Crippen LogP) is 6.40. The highest BCUT2D eigenvalue weighted by molar-refractivity contribution is 7.89. The highest BCUT2D eigenvalue weighted by atomic mass is 32.2. The summed E-state index contributed by atoms with van der Waals surface area (Å²) in [6.45, 7) is 5.20. The van der Waals surface area contributed by atoms with E-state index in [1.165, 1.54) is 23.5 Å². The number of hydrogen-bond acceptors (Lipinski definition) is 5. The van der Waals surface area contributed by atoms with Crippen LogP contribution in [-0.4, -0.2) is 36.7 Å². The molecule has 1 aromatic heterocycles. The number of hydrogen-bond donors (Lipinski definition) is 1. The third-order valence-corrected chi connectivity index (χ3v) is 9.39. The number of carbonyl (C=O) groups excluding carboxylic acids is 1. The van der Waals surface area contributed by atoms with Crippen molar-refractivity contribution in [2.24, 2.45) is 11.8 Å². The molecule has 1 saturated heterocycles. The maximum Gasteiger partial charge on any atom is 0.257 e. The van der Waals surface area contributed by atoms with Crippen molar-refractivity contribution in [2.75, 3.05) is 18.4 Å². The molecule has 0 aliphatic carbocycles. The van der Waals surface area contributed by atoms with Gasteiger partial charge in [0.25, 0.3) is 5.91 Å². The smallest absolute Gasteiger partial charge is 0.257 e. The molecular weight excluding hydrogens is 502 g/mol. The number of sulfonamides is 1. The van der Waals surface area contributed by atoms with Crippen LogP contribution in [0, 0.1) is 11.8 Å². The number of nitrogens with zero attached hydrogens (tertiary/aromatic N) is 2. The van der Waals surface area contributed by atoms with Crippen molar-refractivity contribution >= 4 is 32.4 Å². The lowest BCUT2D eigenvalue weighted by Gasteiger charge is -2.34. The quantitative estimate of drug-likeness (QED) is 0.312. The molecule has 2 heterocycles. The summed E-state index contributed by atoms with van der Waals surface area (Å²) in [5, 5.41) is 3.38. The number of piperidine rings is 1. The SMILES string of the molecule is C[C@@H]1C[C@@H](C)CN(S(=O)(=O)c2ccc(C(=O)Nc3nc(-c4ccccc4)c(-c4ccccc4)s3)cc2)C1. The van der Waals surface area contributed by atoms with Gasteiger partial charge in [-0.2, -0.15) is 4.31 Å². The number of thiazole rings is 1. The number of benzene rings is 3. The van der Waals surface area contributed by atoms with Crippen molar-refractivity contribution in [1.29, 1.82) is 0 Å². The fraction of sp³-hybridized carbons (Fsp3) is 0.241. The number of aromatic nitrogens is 1. The van der Waals surface area contributed by atoms with Crippen molar-refractivity contribution in [3.05, 3.63) is 90.5 Å². The molecule has 5 rings (SSSR count). The second kappa shape index (κ2) is 10.6. The van der Waals surface area contributed by atoms with E-state index in [1.54, 1.807) is 16.4 Å². The van der Waals surface area contributed by atoms with Crippen molar-refractivity contribution in [3.8, 4) is 21.7 Å². The van der Waals surface area contributed by atoms with Crippen LogP contribution in [0.2, 0.25) is 0 Å². The molecule has 1 aliphatic heterocycles. The van der Waals surface area contributed by atoms with Gasteiger partial charge in [-0.1, -0.05) is 85.8 Å². The first-order chi connectivity index (χ1) is 17.8. The molecule has 2 atom stereocenters. The van der Waals surface area contributed by atoms with Crippen molar-refractivity contribution in [3.63, 3.8) is 0 Å². The summed E-state index contributed by atoms with van der Waals surface area (Å²) in [5.74, 6) is 0.309. The number of amides is 1. The Labute approximate surface area is 222 Å². The minimum absolute atomic E-state index is 0.206. The maximum atomic E-state index is 13.2. The van der Waals surface area contributed by atoms with Gasteiger partial charge in [-0.05, 0) is 48.1 Å². The molecule has 0 bridgehead atoms. The molecule has 1 fully saturated rings. The fourth-order valence-electron chi connectivity index (χ4n) is 4.85. The van der Waals surface area contributed by atoms with Gasteiger partial charge in [-0.3, -0.25) is 10.1 Å². The van der Waals surface area contributed by atoms with Crippen molar-refractivity contribution in [2.45, 2.75) is 25.2 Å². The van der Waals surface area contributed by atoms with E-state index in [1.807, 2.05) is 60.7 Å². The Morgan fingerprint density at radius 2 is 1.43 bits per heavy atom. The Morgan fingerprint density at radius 3 is 2.03 bits per heavy atom. The first-order valence-electron chi connectivity index (χ1n) is 12.3. The Kier molecular flexibility index (Phi) is 7.24. The van der Waals surface area contributed by atoms with E-state index < -0.39 is 10.0 Å². The normalized spacial score (nSPS) is 18.4. The Bertz CT molecular complexity index is 1420. The van der Waals surface area contributed by atoms with Gasteiger partial charge in [0.2, 0.25) is 10.0 Å². The lowest BCUT2D eigenvalue weighted by atomic mass is 9.94. The largest absolute Gasteiger partial charge is 0.298 e. The molecule has 0 saturated carbocycles. The zero-order valence-corrected chi connectivity index (χ0v) is 22.4. The summed E-state index contributed by atoms with van der Waals surface area (Å²) in [6.07, 6.45) is 1.03. The zero-order chi connectivity index (χ0) is 26.0. The molecular formula is C29H29N3O3S2. The van der Waals surface area contributed by atoms with Gasteiger partial charge in [-0.25, -0.2) is 13.4 Å². The summed E-state index contributed by atoms with van der Waals surface area (Å²) in [6, 6.07) is 26.0. The maximum absolute atomic E-state index is 13.2. The molecule has 0 unspecified atom stereocenters. The highest BCUT2D eigenvalue weighted by Crippen LogP contribution is 2.39. The van der Waals surface area contributed by atoms with Gasteiger partial charge >= 0.3 is 0 Å². The number of anilines is 1. The highest BCUT2D eigenvalue weighted by Gasteiger charge is 2.31. The summed E-state index contributed by atoms with van der Waals surface area (Å²) >= 11 is 1.41. The monoisotopic (exact) mass is 531 g/mol. The Balaban J connectivity index is 1.37. The number of nitrogens with one attached hydrogen (secondary N) is 1. The van der Waals surface area contributed by atoms with Crippen LogP contribution in [0.15, 0.2) is 89.8 Å². The van der Waals surface area contributed by atoms with Gasteiger partial charge in [0.05, 0.1) is 15.5 Å². The Morgan fingerprint density at radius 1 is 0.865 bits per heavy atom. The molecule has 0 radical (unpaired) electrons. The second-order valence-electron chi connectivity index (χ2n) is 9.68. The summed E-state index contributed by atoms with van der Waals surface area (Å²) in [5.41, 5.74) is 3.17. The molecule has 37 heavy (non-hydrogen) atoms. The molecule has 1 N–H and O–H groups in total. The minimum Gasteiger partial charge on any atom is -0.298 e. The summed E-state index contributed by atoms with van der Waals surface area (Å²) in [7, 11) is -3.60. The van der Waals surface area contributed by atoms with Gasteiger partial charge < -0.3 is 0 Å². The van der Waals surface area contributed by atoms with E-state index >= 15 is 0 Å². The minimum atomic E-state index is -3.60. The molecule has 4 aromatic rings. The number of carbonyl (C=O) groups is 1. The fourth-order valence-corrected chi connectivity index (χ4v) is 7.52. The van der Waals surface area contributed by atoms with Gasteiger partial charge in [0, 0.05) is 24.2 Å². The first kappa shape index (κ1) is 25.3. The van der Waals surface area contributed by atoms with E-state index in [4.69, 9.17) is 4.98 Å².